The van der Waals surface area contributed by atoms with Gasteiger partial charge >= 0.3 is 0 Å². The fourth-order valence-corrected chi connectivity index (χ4v) is 3.30. The second-order valence-corrected chi connectivity index (χ2v) is 12.9. The van der Waals surface area contributed by atoms with E-state index in [2.05, 4.69) is 160 Å². The molecule has 0 aromatic carbocycles. The molecule has 228 valence electrons. The van der Waals surface area contributed by atoms with E-state index < -0.39 is 0 Å². The minimum absolute atomic E-state index is 0.398. The van der Waals surface area contributed by atoms with Crippen LogP contribution in [0.4, 0.5) is 0 Å². The van der Waals surface area contributed by atoms with E-state index >= 15 is 0 Å². The van der Waals surface area contributed by atoms with Crippen LogP contribution in [0.2, 0.25) is 0 Å². The lowest BCUT2D eigenvalue weighted by Gasteiger charge is -2.11. The van der Waals surface area contributed by atoms with Crippen molar-refractivity contribution in [2.75, 3.05) is 0 Å². The fourth-order valence-electron chi connectivity index (χ4n) is 3.30. The van der Waals surface area contributed by atoms with Gasteiger partial charge in [-0.1, -0.05) is 66.5 Å². The lowest BCUT2D eigenvalue weighted by atomic mass is 9.97. The molecule has 3 heteroatoms. The number of rotatable bonds is 9. The van der Waals surface area contributed by atoms with Crippen LogP contribution in [0.1, 0.15) is 145 Å². The molecular formula is C36H69N3. The highest BCUT2D eigenvalue weighted by atomic mass is 14.8. The Balaban J connectivity index is -0.000000498. The van der Waals surface area contributed by atoms with E-state index in [4.69, 9.17) is 0 Å². The van der Waals surface area contributed by atoms with Crippen molar-refractivity contribution in [3.8, 4) is 0 Å². The molecule has 0 aromatic heterocycles. The number of hydrogen-bond donors (Lipinski definition) is 0. The molecule has 0 spiro atoms. The van der Waals surface area contributed by atoms with Gasteiger partial charge in [-0.15, -0.1) is 0 Å². The number of nitrogens with zero attached hydrogens (tertiary/aromatic N) is 3. The number of allylic oxidation sites excluding steroid dienone is 6. The van der Waals surface area contributed by atoms with Crippen LogP contribution in [-0.2, 0) is 0 Å². The summed E-state index contributed by atoms with van der Waals surface area (Å²) in [4.78, 5) is 13.7. The average Bonchev–Trinajstić information content (AvgIpc) is 2.80. The summed E-state index contributed by atoms with van der Waals surface area (Å²) in [6.45, 7) is 45.4. The van der Waals surface area contributed by atoms with Crippen LogP contribution in [-0.4, -0.2) is 29.2 Å². The lowest BCUT2D eigenvalue weighted by molar-refractivity contribution is 0.752. The molecule has 0 amide bonds. The van der Waals surface area contributed by atoms with E-state index in [1.165, 1.54) is 50.7 Å². The van der Waals surface area contributed by atoms with E-state index in [9.17, 15) is 0 Å². The van der Waals surface area contributed by atoms with Gasteiger partial charge in [0, 0.05) is 34.9 Å². The Morgan fingerprint density at radius 3 is 0.872 bits per heavy atom. The molecule has 0 aliphatic carbocycles. The van der Waals surface area contributed by atoms with E-state index in [0.29, 0.717) is 35.8 Å². The third-order valence-electron chi connectivity index (χ3n) is 7.52. The lowest BCUT2D eigenvalue weighted by Crippen LogP contribution is -2.04. The van der Waals surface area contributed by atoms with Crippen LogP contribution in [0.15, 0.2) is 48.5 Å². The maximum absolute atomic E-state index is 4.59. The molecule has 0 radical (unpaired) electrons. The Kier molecular flexibility index (Phi) is 22.5. The average molecular weight is 544 g/mol. The van der Waals surface area contributed by atoms with Crippen LogP contribution in [0.3, 0.4) is 0 Å². The molecular weight excluding hydrogens is 474 g/mol. The van der Waals surface area contributed by atoms with Crippen LogP contribution in [0.25, 0.3) is 0 Å². The van der Waals surface area contributed by atoms with Gasteiger partial charge in [0.2, 0.25) is 0 Å². The molecule has 0 aromatic rings. The van der Waals surface area contributed by atoms with Gasteiger partial charge in [0.15, 0.2) is 0 Å². The first-order valence-corrected chi connectivity index (χ1v) is 15.2. The van der Waals surface area contributed by atoms with Gasteiger partial charge in [-0.05, 0) is 130 Å². The molecule has 0 atom stereocenters. The van der Waals surface area contributed by atoms with Gasteiger partial charge in [0.1, 0.15) is 0 Å². The third-order valence-corrected chi connectivity index (χ3v) is 7.52. The normalized spacial score (nSPS) is 15.3. The van der Waals surface area contributed by atoms with Gasteiger partial charge in [-0.3, -0.25) is 15.0 Å². The maximum Gasteiger partial charge on any atom is 0.0446 e. The van der Waals surface area contributed by atoms with Crippen LogP contribution >= 0.6 is 0 Å². The van der Waals surface area contributed by atoms with Crippen LogP contribution in [0, 0.1) is 23.7 Å². The standard InChI is InChI=1S/3C12H23N/c2*1-8(2)10(5)11(6)12(7)13-9(3)4;1-8(2)10(5)12(7)13-11(6)9(3)4/h3*8-9H,1-7H3/b2*11-10-,13-12?;12-10-,13-11?. The second-order valence-electron chi connectivity index (χ2n) is 12.9. The first-order chi connectivity index (χ1) is 17.6. The van der Waals surface area contributed by atoms with Gasteiger partial charge in [-0.2, -0.15) is 0 Å². The summed E-state index contributed by atoms with van der Waals surface area (Å²) < 4.78 is 0. The second kappa shape index (κ2) is 21.0. The molecule has 0 aliphatic heterocycles. The van der Waals surface area contributed by atoms with Gasteiger partial charge in [0.05, 0.1) is 0 Å². The van der Waals surface area contributed by atoms with Gasteiger partial charge in [-0.25, -0.2) is 0 Å². The quantitative estimate of drug-likeness (QED) is 0.259. The molecule has 0 bridgehead atoms. The highest BCUT2D eigenvalue weighted by molar-refractivity contribution is 5.98. The zero-order chi connectivity index (χ0) is 31.8. The van der Waals surface area contributed by atoms with E-state index in [1.54, 1.807) is 0 Å². The van der Waals surface area contributed by atoms with Gasteiger partial charge in [0.25, 0.3) is 0 Å². The first kappa shape index (κ1) is 41.7. The molecule has 39 heavy (non-hydrogen) atoms. The summed E-state index contributed by atoms with van der Waals surface area (Å²) in [6.07, 6.45) is 0. The molecule has 3 nitrogen and oxygen atoms in total. The Bertz CT molecular complexity index is 846. The monoisotopic (exact) mass is 544 g/mol. The minimum Gasteiger partial charge on any atom is -0.287 e. The summed E-state index contributed by atoms with van der Waals surface area (Å²) in [7, 11) is 0. The molecule has 0 fully saturated rings. The van der Waals surface area contributed by atoms with Crippen molar-refractivity contribution in [2.24, 2.45) is 38.6 Å². The minimum atomic E-state index is 0.398. The highest BCUT2D eigenvalue weighted by Gasteiger charge is 2.06. The van der Waals surface area contributed by atoms with E-state index in [1.807, 2.05) is 0 Å². The van der Waals surface area contributed by atoms with Crippen molar-refractivity contribution >= 4 is 17.1 Å². The summed E-state index contributed by atoms with van der Waals surface area (Å²) in [5.41, 5.74) is 11.7. The molecule has 0 N–H and O–H groups in total. The van der Waals surface area contributed by atoms with E-state index in [-0.39, 0.29) is 0 Å². The van der Waals surface area contributed by atoms with Crippen molar-refractivity contribution < 1.29 is 0 Å². The van der Waals surface area contributed by atoms with Crippen LogP contribution in [0.5, 0.6) is 0 Å². The zero-order valence-electron chi connectivity index (χ0n) is 30.3. The maximum atomic E-state index is 4.59. The molecule has 0 heterocycles. The topological polar surface area (TPSA) is 37.1 Å². The Morgan fingerprint density at radius 1 is 0.385 bits per heavy atom. The molecule has 0 rings (SSSR count). The number of hydrogen-bond acceptors (Lipinski definition) is 3. The summed E-state index contributed by atoms with van der Waals surface area (Å²) >= 11 is 0. The number of aliphatic imine (C=N–C) groups is 3. The van der Waals surface area contributed by atoms with Crippen molar-refractivity contribution in [1.82, 2.24) is 0 Å². The van der Waals surface area contributed by atoms with Crippen molar-refractivity contribution in [3.05, 3.63) is 33.6 Å². The first-order valence-electron chi connectivity index (χ1n) is 15.2. The van der Waals surface area contributed by atoms with Gasteiger partial charge < -0.3 is 0 Å². The predicted octanol–water partition coefficient (Wildman–Crippen LogP) is 11.7. The summed E-state index contributed by atoms with van der Waals surface area (Å²) in [6, 6.07) is 0.796. The summed E-state index contributed by atoms with van der Waals surface area (Å²) in [5, 5.41) is 0. The summed E-state index contributed by atoms with van der Waals surface area (Å²) in [5.74, 6) is 2.40. The Hall–Kier alpha value is -1.77. The smallest absolute Gasteiger partial charge is 0.0446 e. The SMILES string of the molecule is CC(=N/C(C)=C(/C)C(C)C)C(C)C.CC(=NC(C)C)/C(C)=C(/C)C(C)C.CC(=NC(C)C)/C(C)=C(/C)C(C)C. The highest BCUT2D eigenvalue weighted by Crippen LogP contribution is 2.17. The molecule has 0 unspecified atom stereocenters. The predicted molar refractivity (Wildman–Crippen MR) is 184 cm³/mol. The molecule has 0 saturated carbocycles. The van der Waals surface area contributed by atoms with E-state index in [0.717, 1.165) is 0 Å². The Morgan fingerprint density at radius 2 is 0.667 bits per heavy atom. The molecule has 0 saturated heterocycles. The van der Waals surface area contributed by atoms with Crippen molar-refractivity contribution in [1.29, 1.82) is 0 Å². The largest absolute Gasteiger partial charge is 0.287 e. The zero-order valence-corrected chi connectivity index (χ0v) is 30.3. The third kappa shape index (κ3) is 19.9. The van der Waals surface area contributed by atoms with Crippen molar-refractivity contribution in [3.63, 3.8) is 0 Å². The Labute approximate surface area is 246 Å². The van der Waals surface area contributed by atoms with Crippen molar-refractivity contribution in [2.45, 2.75) is 157 Å². The molecule has 0 aliphatic rings. The van der Waals surface area contributed by atoms with Crippen LogP contribution < -0.4 is 0 Å². The fraction of sp³-hybridized carbons (Fsp3) is 0.750.